The molecular formula is C7H20Cl2N2. The van der Waals surface area contributed by atoms with Gasteiger partial charge in [0.05, 0.1) is 0 Å². The van der Waals surface area contributed by atoms with Crippen LogP contribution in [0.4, 0.5) is 0 Å². The molecule has 0 saturated carbocycles. The van der Waals surface area contributed by atoms with E-state index in [1.54, 1.807) is 0 Å². The minimum atomic E-state index is 0. The third-order valence-corrected chi connectivity index (χ3v) is 1.82. The summed E-state index contributed by atoms with van der Waals surface area (Å²) in [6.07, 6.45) is 0. The first-order valence-electron chi connectivity index (χ1n) is 3.33. The van der Waals surface area contributed by atoms with Gasteiger partial charge >= 0.3 is 0 Å². The molecule has 11 heavy (non-hydrogen) atoms. The number of rotatable bonds is 3. The summed E-state index contributed by atoms with van der Waals surface area (Å²) >= 11 is 0. The van der Waals surface area contributed by atoms with Gasteiger partial charge in [-0.15, -0.1) is 24.8 Å². The molecular weight excluding hydrogens is 183 g/mol. The van der Waals surface area contributed by atoms with E-state index in [2.05, 4.69) is 38.2 Å². The molecule has 0 amide bonds. The highest BCUT2D eigenvalue weighted by molar-refractivity contribution is 5.85. The highest BCUT2D eigenvalue weighted by Crippen LogP contribution is 2.06. The number of halogens is 2. The lowest BCUT2D eigenvalue weighted by Crippen LogP contribution is -2.45. The molecule has 0 aromatic carbocycles. The van der Waals surface area contributed by atoms with Crippen LogP contribution in [0.1, 0.15) is 13.8 Å². The van der Waals surface area contributed by atoms with Gasteiger partial charge in [-0.25, -0.2) is 0 Å². The Morgan fingerprint density at radius 3 is 1.64 bits per heavy atom. The van der Waals surface area contributed by atoms with Gasteiger partial charge in [-0.2, -0.15) is 0 Å². The third-order valence-electron chi connectivity index (χ3n) is 1.82. The van der Waals surface area contributed by atoms with Crippen LogP contribution in [0.15, 0.2) is 0 Å². The van der Waals surface area contributed by atoms with Crippen molar-refractivity contribution in [1.82, 2.24) is 10.2 Å². The first-order chi connectivity index (χ1) is 4.00. The molecule has 0 atom stereocenters. The molecule has 0 bridgehead atoms. The fourth-order valence-electron chi connectivity index (χ4n) is 0.591. The number of hydrogen-bond acceptors (Lipinski definition) is 2. The van der Waals surface area contributed by atoms with Crippen molar-refractivity contribution in [2.75, 3.05) is 27.7 Å². The van der Waals surface area contributed by atoms with Crippen LogP contribution >= 0.6 is 24.8 Å². The molecule has 0 unspecified atom stereocenters. The molecule has 0 aliphatic rings. The standard InChI is InChI=1S/C7H18N2.2ClH/c1-7(2,6-8-3)9(4)5;;/h8H,6H2,1-5H3;2*1H. The Balaban J connectivity index is -0.000000320. The van der Waals surface area contributed by atoms with E-state index in [0.717, 1.165) is 6.54 Å². The van der Waals surface area contributed by atoms with Crippen molar-refractivity contribution in [3.8, 4) is 0 Å². The van der Waals surface area contributed by atoms with Crippen LogP contribution in [0.5, 0.6) is 0 Å². The monoisotopic (exact) mass is 202 g/mol. The zero-order chi connectivity index (χ0) is 7.49. The van der Waals surface area contributed by atoms with Crippen molar-refractivity contribution in [2.45, 2.75) is 19.4 Å². The van der Waals surface area contributed by atoms with Gasteiger partial charge < -0.3 is 10.2 Å². The van der Waals surface area contributed by atoms with Gasteiger partial charge in [-0.1, -0.05) is 0 Å². The van der Waals surface area contributed by atoms with Crippen LogP contribution in [0.25, 0.3) is 0 Å². The largest absolute Gasteiger partial charge is 0.318 e. The lowest BCUT2D eigenvalue weighted by atomic mass is 10.1. The molecule has 0 aliphatic carbocycles. The zero-order valence-electron chi connectivity index (χ0n) is 7.97. The molecule has 0 aromatic heterocycles. The molecule has 0 radical (unpaired) electrons. The highest BCUT2D eigenvalue weighted by atomic mass is 35.5. The lowest BCUT2D eigenvalue weighted by molar-refractivity contribution is 0.194. The Hall–Kier alpha value is 0.500. The average molecular weight is 203 g/mol. The van der Waals surface area contributed by atoms with Crippen molar-refractivity contribution in [3.05, 3.63) is 0 Å². The molecule has 4 heteroatoms. The van der Waals surface area contributed by atoms with Gasteiger partial charge in [0.25, 0.3) is 0 Å². The van der Waals surface area contributed by atoms with E-state index >= 15 is 0 Å². The quantitative estimate of drug-likeness (QED) is 0.745. The Labute approximate surface area is 82.5 Å². The van der Waals surface area contributed by atoms with Crippen LogP contribution in [-0.2, 0) is 0 Å². The Kier molecular flexibility index (Phi) is 11.4. The maximum atomic E-state index is 3.15. The number of nitrogens with zero attached hydrogens (tertiary/aromatic N) is 1. The van der Waals surface area contributed by atoms with Gasteiger partial charge in [0.15, 0.2) is 0 Å². The number of nitrogens with one attached hydrogen (secondary N) is 1. The molecule has 0 fully saturated rings. The van der Waals surface area contributed by atoms with E-state index in [9.17, 15) is 0 Å². The SMILES string of the molecule is CNCC(C)(C)N(C)C.Cl.Cl. The van der Waals surface area contributed by atoms with Crippen molar-refractivity contribution >= 4 is 24.8 Å². The van der Waals surface area contributed by atoms with E-state index in [4.69, 9.17) is 0 Å². The summed E-state index contributed by atoms with van der Waals surface area (Å²) in [7, 11) is 6.17. The van der Waals surface area contributed by atoms with E-state index in [-0.39, 0.29) is 30.4 Å². The van der Waals surface area contributed by atoms with Crippen molar-refractivity contribution in [3.63, 3.8) is 0 Å². The van der Waals surface area contributed by atoms with E-state index in [0.29, 0.717) is 0 Å². The smallest absolute Gasteiger partial charge is 0.0271 e. The lowest BCUT2D eigenvalue weighted by Gasteiger charge is -2.32. The van der Waals surface area contributed by atoms with Crippen LogP contribution in [0.3, 0.4) is 0 Å². The second kappa shape index (κ2) is 7.17. The fourth-order valence-corrected chi connectivity index (χ4v) is 0.591. The topological polar surface area (TPSA) is 15.3 Å². The summed E-state index contributed by atoms with van der Waals surface area (Å²) in [5.41, 5.74) is 0.273. The van der Waals surface area contributed by atoms with Crippen LogP contribution in [0, 0.1) is 0 Å². The van der Waals surface area contributed by atoms with E-state index in [1.165, 1.54) is 0 Å². The van der Waals surface area contributed by atoms with Crippen molar-refractivity contribution in [1.29, 1.82) is 0 Å². The maximum Gasteiger partial charge on any atom is 0.0271 e. The summed E-state index contributed by atoms with van der Waals surface area (Å²) in [5.74, 6) is 0. The molecule has 0 saturated heterocycles. The van der Waals surface area contributed by atoms with Gasteiger partial charge in [0.1, 0.15) is 0 Å². The minimum Gasteiger partial charge on any atom is -0.318 e. The summed E-state index contributed by atoms with van der Waals surface area (Å²) in [6, 6.07) is 0. The Bertz CT molecular complexity index is 84.5. The average Bonchev–Trinajstić information content (AvgIpc) is 1.65. The summed E-state index contributed by atoms with van der Waals surface area (Å²) in [5, 5.41) is 3.15. The summed E-state index contributed by atoms with van der Waals surface area (Å²) in [4.78, 5) is 2.21. The Morgan fingerprint density at radius 1 is 1.18 bits per heavy atom. The molecule has 0 spiro atoms. The fraction of sp³-hybridized carbons (Fsp3) is 1.00. The molecule has 2 nitrogen and oxygen atoms in total. The second-order valence-electron chi connectivity index (χ2n) is 3.24. The predicted octanol–water partition coefficient (Wildman–Crippen LogP) is 1.39. The number of likely N-dealkylation sites (N-methyl/N-ethyl adjacent to an activating group) is 2. The summed E-state index contributed by atoms with van der Waals surface area (Å²) < 4.78 is 0. The Morgan fingerprint density at radius 2 is 1.55 bits per heavy atom. The molecule has 72 valence electrons. The van der Waals surface area contributed by atoms with E-state index < -0.39 is 0 Å². The minimum absolute atomic E-state index is 0. The second-order valence-corrected chi connectivity index (χ2v) is 3.24. The van der Waals surface area contributed by atoms with Crippen LogP contribution < -0.4 is 5.32 Å². The zero-order valence-corrected chi connectivity index (χ0v) is 9.60. The normalized spacial score (nSPS) is 10.4. The maximum absolute atomic E-state index is 3.15. The van der Waals surface area contributed by atoms with Crippen molar-refractivity contribution in [2.24, 2.45) is 0 Å². The van der Waals surface area contributed by atoms with Crippen LogP contribution in [-0.4, -0.2) is 38.1 Å². The highest BCUT2D eigenvalue weighted by Gasteiger charge is 2.17. The third kappa shape index (κ3) is 6.88. The molecule has 0 aromatic rings. The molecule has 1 N–H and O–H groups in total. The first-order valence-corrected chi connectivity index (χ1v) is 3.33. The van der Waals surface area contributed by atoms with Gasteiger partial charge in [0.2, 0.25) is 0 Å². The first kappa shape index (κ1) is 17.5. The van der Waals surface area contributed by atoms with Gasteiger partial charge in [-0.3, -0.25) is 0 Å². The predicted molar refractivity (Wildman–Crippen MR) is 56.2 cm³/mol. The molecule has 0 heterocycles. The van der Waals surface area contributed by atoms with E-state index in [1.807, 2.05) is 7.05 Å². The van der Waals surface area contributed by atoms with Gasteiger partial charge in [-0.05, 0) is 35.0 Å². The number of hydrogen-bond donors (Lipinski definition) is 1. The van der Waals surface area contributed by atoms with Gasteiger partial charge in [0, 0.05) is 12.1 Å². The molecule has 0 rings (SSSR count). The van der Waals surface area contributed by atoms with Crippen molar-refractivity contribution < 1.29 is 0 Å². The summed E-state index contributed by atoms with van der Waals surface area (Å²) in [6.45, 7) is 5.45. The van der Waals surface area contributed by atoms with Crippen LogP contribution in [0.2, 0.25) is 0 Å². The molecule has 0 aliphatic heterocycles.